The molecule has 0 amide bonds. The van der Waals surface area contributed by atoms with Gasteiger partial charge in [-0.25, -0.2) is 0 Å². The monoisotopic (exact) mass is 466 g/mol. The van der Waals surface area contributed by atoms with Crippen LogP contribution in [0.5, 0.6) is 5.75 Å². The van der Waals surface area contributed by atoms with Crippen molar-refractivity contribution in [3.63, 3.8) is 0 Å². The number of methoxy groups -OCH3 is 1. The molecule has 2 aromatic heterocycles. The van der Waals surface area contributed by atoms with Crippen LogP contribution in [-0.4, -0.2) is 50.7 Å². The number of hydrogen-bond acceptors (Lipinski definition) is 6. The van der Waals surface area contributed by atoms with Gasteiger partial charge in [-0.1, -0.05) is 17.8 Å². The third-order valence-electron chi connectivity index (χ3n) is 5.99. The predicted octanol–water partition coefficient (Wildman–Crippen LogP) is 4.71. The van der Waals surface area contributed by atoms with Gasteiger partial charge < -0.3 is 14.0 Å². The van der Waals surface area contributed by atoms with Crippen molar-refractivity contribution in [2.75, 3.05) is 19.5 Å². The first-order chi connectivity index (χ1) is 16.0. The van der Waals surface area contributed by atoms with Gasteiger partial charge in [0.15, 0.2) is 16.8 Å². The maximum Gasteiger partial charge on any atom is 0.192 e. The number of benzene rings is 1. The van der Waals surface area contributed by atoms with Crippen LogP contribution in [0.3, 0.4) is 0 Å². The van der Waals surface area contributed by atoms with Crippen LogP contribution in [0, 0.1) is 13.8 Å². The first-order valence-corrected chi connectivity index (χ1v) is 12.1. The highest BCUT2D eigenvalue weighted by atomic mass is 32.2. The Bertz CT molecular complexity index is 1130. The molecule has 3 heterocycles. The summed E-state index contributed by atoms with van der Waals surface area (Å²) in [6.07, 6.45) is 4.05. The zero-order chi connectivity index (χ0) is 23.4. The molecule has 1 unspecified atom stereocenters. The average Bonchev–Trinajstić information content (AvgIpc) is 3.55. The van der Waals surface area contributed by atoms with E-state index in [2.05, 4.69) is 25.9 Å². The van der Waals surface area contributed by atoms with E-state index in [1.54, 1.807) is 7.11 Å². The zero-order valence-electron chi connectivity index (χ0n) is 19.4. The van der Waals surface area contributed by atoms with Gasteiger partial charge in [0.2, 0.25) is 0 Å². The summed E-state index contributed by atoms with van der Waals surface area (Å²) in [5.41, 5.74) is 3.73. The molecule has 1 fully saturated rings. The van der Waals surface area contributed by atoms with E-state index < -0.39 is 0 Å². The van der Waals surface area contributed by atoms with Gasteiger partial charge in [0.1, 0.15) is 5.75 Å². The van der Waals surface area contributed by atoms with Crippen molar-refractivity contribution in [1.82, 2.24) is 19.3 Å². The van der Waals surface area contributed by atoms with Crippen LogP contribution < -0.4 is 4.74 Å². The lowest BCUT2D eigenvalue weighted by atomic mass is 10.2. The van der Waals surface area contributed by atoms with Crippen molar-refractivity contribution >= 4 is 17.5 Å². The van der Waals surface area contributed by atoms with E-state index in [1.165, 1.54) is 11.8 Å². The summed E-state index contributed by atoms with van der Waals surface area (Å²) in [5, 5.41) is 9.63. The number of carbonyl (C=O) groups excluding carboxylic acids is 1. The summed E-state index contributed by atoms with van der Waals surface area (Å²) >= 11 is 1.42. The number of hydrogen-bond donors (Lipinski definition) is 0. The highest BCUT2D eigenvalue weighted by Crippen LogP contribution is 2.28. The van der Waals surface area contributed by atoms with Crippen molar-refractivity contribution in [1.29, 1.82) is 0 Å². The van der Waals surface area contributed by atoms with Crippen LogP contribution in [0.15, 0.2) is 48.1 Å². The molecule has 0 spiro atoms. The lowest BCUT2D eigenvalue weighted by Gasteiger charge is -2.15. The smallest absolute Gasteiger partial charge is 0.192 e. The van der Waals surface area contributed by atoms with Crippen molar-refractivity contribution in [2.45, 2.75) is 51.0 Å². The molecule has 1 atom stereocenters. The Hall–Kier alpha value is -2.84. The minimum Gasteiger partial charge on any atom is -0.497 e. The zero-order valence-corrected chi connectivity index (χ0v) is 20.2. The number of rotatable bonds is 10. The van der Waals surface area contributed by atoms with Gasteiger partial charge >= 0.3 is 0 Å². The molecule has 1 aromatic carbocycles. The summed E-state index contributed by atoms with van der Waals surface area (Å²) in [6, 6.07) is 9.74. The summed E-state index contributed by atoms with van der Waals surface area (Å²) in [7, 11) is 1.65. The molecule has 0 aliphatic carbocycles. The van der Waals surface area contributed by atoms with Crippen LogP contribution in [0.25, 0.3) is 11.4 Å². The fourth-order valence-corrected chi connectivity index (χ4v) is 5.04. The third-order valence-corrected chi connectivity index (χ3v) is 6.96. The molecule has 4 rings (SSSR count). The first-order valence-electron chi connectivity index (χ1n) is 11.1. The fraction of sp³-hybridized carbons (Fsp3) is 0.400. The average molecular weight is 467 g/mol. The Morgan fingerprint density at radius 1 is 1.27 bits per heavy atom. The Kier molecular flexibility index (Phi) is 7.35. The topological polar surface area (TPSA) is 71.2 Å². The van der Waals surface area contributed by atoms with Crippen LogP contribution >= 0.6 is 11.8 Å². The minimum absolute atomic E-state index is 0.0843. The number of ether oxygens (including phenoxy) is 2. The molecular weight excluding hydrogens is 436 g/mol. The predicted molar refractivity (Wildman–Crippen MR) is 130 cm³/mol. The van der Waals surface area contributed by atoms with Gasteiger partial charge in [0, 0.05) is 35.7 Å². The second kappa shape index (κ2) is 10.4. The van der Waals surface area contributed by atoms with Crippen molar-refractivity contribution < 1.29 is 14.3 Å². The van der Waals surface area contributed by atoms with Gasteiger partial charge in [-0.05, 0) is 57.0 Å². The first kappa shape index (κ1) is 23.3. The van der Waals surface area contributed by atoms with Crippen LogP contribution in [0.4, 0.5) is 0 Å². The van der Waals surface area contributed by atoms with E-state index in [0.717, 1.165) is 58.7 Å². The van der Waals surface area contributed by atoms with E-state index in [4.69, 9.17) is 9.47 Å². The van der Waals surface area contributed by atoms with Crippen LogP contribution in [0.2, 0.25) is 0 Å². The Morgan fingerprint density at radius 2 is 2.06 bits per heavy atom. The molecule has 3 aromatic rings. The number of aryl methyl sites for hydroxylation is 1. The minimum atomic E-state index is 0.0843. The summed E-state index contributed by atoms with van der Waals surface area (Å²) in [4.78, 5) is 13.1. The van der Waals surface area contributed by atoms with Gasteiger partial charge in [-0.2, -0.15) is 0 Å². The Morgan fingerprint density at radius 3 is 2.73 bits per heavy atom. The Labute approximate surface area is 198 Å². The molecule has 7 nitrogen and oxygen atoms in total. The summed E-state index contributed by atoms with van der Waals surface area (Å²) < 4.78 is 15.3. The standard InChI is InChI=1S/C25H30N4O3S/c1-5-12-28-17(2)14-22(18(28)3)23(30)16-33-25-27-26-24(19-8-10-20(31-4)11-9-19)29(25)15-21-7-6-13-32-21/h5,8-11,14,21H,1,6-7,12-13,15-16H2,2-4H3. The molecule has 0 saturated carbocycles. The molecule has 0 bridgehead atoms. The molecule has 0 radical (unpaired) electrons. The molecule has 8 heteroatoms. The molecule has 33 heavy (non-hydrogen) atoms. The van der Waals surface area contributed by atoms with Crippen LogP contribution in [-0.2, 0) is 17.8 Å². The molecular formula is C25H30N4O3S. The van der Waals surface area contributed by atoms with Crippen molar-refractivity contribution in [3.8, 4) is 17.1 Å². The maximum atomic E-state index is 13.1. The normalized spacial score (nSPS) is 15.7. The summed E-state index contributed by atoms with van der Waals surface area (Å²) in [5.74, 6) is 1.94. The summed E-state index contributed by atoms with van der Waals surface area (Å²) in [6.45, 7) is 9.95. The number of thioether (sulfide) groups is 1. The number of Topliss-reactive ketones (excluding diaryl/α,β-unsaturated/α-hetero) is 1. The van der Waals surface area contributed by atoms with Crippen molar-refractivity contribution in [3.05, 3.63) is 59.9 Å². The number of nitrogens with zero attached hydrogens (tertiary/aromatic N) is 4. The fourth-order valence-electron chi connectivity index (χ4n) is 4.21. The highest BCUT2D eigenvalue weighted by molar-refractivity contribution is 7.99. The maximum absolute atomic E-state index is 13.1. The third kappa shape index (κ3) is 5.07. The van der Waals surface area contributed by atoms with Crippen LogP contribution in [0.1, 0.15) is 34.6 Å². The second-order valence-electron chi connectivity index (χ2n) is 8.18. The number of allylic oxidation sites excluding steroid dienone is 1. The SMILES string of the molecule is C=CCn1c(C)cc(C(=O)CSc2nnc(-c3ccc(OC)cc3)n2CC2CCCO2)c1C. The van der Waals surface area contributed by atoms with Gasteiger partial charge in [-0.3, -0.25) is 9.36 Å². The molecule has 174 valence electrons. The molecule has 1 aliphatic rings. The Balaban J connectivity index is 1.56. The number of aromatic nitrogens is 4. The van der Waals surface area contributed by atoms with E-state index in [0.29, 0.717) is 18.8 Å². The van der Waals surface area contributed by atoms with Gasteiger partial charge in [0.25, 0.3) is 0 Å². The lowest BCUT2D eigenvalue weighted by molar-refractivity contribution is 0.0953. The molecule has 1 saturated heterocycles. The quantitative estimate of drug-likeness (QED) is 0.245. The largest absolute Gasteiger partial charge is 0.497 e. The van der Waals surface area contributed by atoms with E-state index in [-0.39, 0.29) is 11.9 Å². The van der Waals surface area contributed by atoms with Crippen molar-refractivity contribution in [2.24, 2.45) is 0 Å². The number of ketones is 1. The molecule has 1 aliphatic heterocycles. The van der Waals surface area contributed by atoms with Gasteiger partial charge in [-0.15, -0.1) is 16.8 Å². The second-order valence-corrected chi connectivity index (χ2v) is 9.12. The molecule has 0 N–H and O–H groups in total. The highest BCUT2D eigenvalue weighted by Gasteiger charge is 2.23. The lowest BCUT2D eigenvalue weighted by Crippen LogP contribution is -2.17. The van der Waals surface area contributed by atoms with E-state index in [9.17, 15) is 4.79 Å². The van der Waals surface area contributed by atoms with Gasteiger partial charge in [0.05, 0.1) is 25.5 Å². The van der Waals surface area contributed by atoms with E-state index >= 15 is 0 Å². The van der Waals surface area contributed by atoms with E-state index in [1.807, 2.05) is 50.3 Å². The number of carbonyl (C=O) groups is 1.